The zero-order valence-corrected chi connectivity index (χ0v) is 21.7. The number of piperazine rings is 1. The SMILES string of the molecule is CN=C(NCc1cccc(S(=O)(=O)NCCOC)c1)N1CCN(c2ccccc2)CC1.I. The maximum Gasteiger partial charge on any atom is 0.240 e. The van der Waals surface area contributed by atoms with E-state index in [2.05, 4.69) is 49.1 Å². The summed E-state index contributed by atoms with van der Waals surface area (Å²) in [6.07, 6.45) is 0. The number of hydrogen-bond acceptors (Lipinski definition) is 5. The number of guanidine groups is 1. The Morgan fingerprint density at radius 3 is 2.44 bits per heavy atom. The minimum Gasteiger partial charge on any atom is -0.383 e. The molecule has 0 aliphatic carbocycles. The lowest BCUT2D eigenvalue weighted by atomic mass is 10.2. The molecule has 1 aliphatic heterocycles. The average Bonchev–Trinajstić information content (AvgIpc) is 2.81. The van der Waals surface area contributed by atoms with E-state index in [9.17, 15) is 8.42 Å². The van der Waals surface area contributed by atoms with Crippen molar-refractivity contribution in [3.8, 4) is 0 Å². The Morgan fingerprint density at radius 2 is 1.78 bits per heavy atom. The van der Waals surface area contributed by atoms with Gasteiger partial charge in [0.05, 0.1) is 11.5 Å². The highest BCUT2D eigenvalue weighted by Crippen LogP contribution is 2.16. The molecule has 0 radical (unpaired) electrons. The van der Waals surface area contributed by atoms with Crippen molar-refractivity contribution in [1.29, 1.82) is 0 Å². The van der Waals surface area contributed by atoms with E-state index in [-0.39, 0.29) is 35.4 Å². The van der Waals surface area contributed by atoms with Gasteiger partial charge in [-0.15, -0.1) is 24.0 Å². The van der Waals surface area contributed by atoms with Gasteiger partial charge in [0.2, 0.25) is 10.0 Å². The molecule has 0 bridgehead atoms. The molecule has 2 N–H and O–H groups in total. The highest BCUT2D eigenvalue weighted by atomic mass is 127. The summed E-state index contributed by atoms with van der Waals surface area (Å²) in [6, 6.07) is 17.3. The highest BCUT2D eigenvalue weighted by molar-refractivity contribution is 14.0. The zero-order valence-electron chi connectivity index (χ0n) is 18.5. The highest BCUT2D eigenvalue weighted by Gasteiger charge is 2.20. The predicted octanol–water partition coefficient (Wildman–Crippen LogP) is 2.13. The second kappa shape index (κ2) is 13.0. The van der Waals surface area contributed by atoms with Crippen LogP contribution in [0.4, 0.5) is 5.69 Å². The molecular weight excluding hydrogens is 541 g/mol. The Hall–Kier alpha value is -1.89. The lowest BCUT2D eigenvalue weighted by Crippen LogP contribution is -2.52. The largest absolute Gasteiger partial charge is 0.383 e. The van der Waals surface area contributed by atoms with Gasteiger partial charge in [-0.3, -0.25) is 4.99 Å². The summed E-state index contributed by atoms with van der Waals surface area (Å²) >= 11 is 0. The van der Waals surface area contributed by atoms with Crippen molar-refractivity contribution in [1.82, 2.24) is 14.9 Å². The number of hydrogen-bond donors (Lipinski definition) is 2. The molecule has 0 unspecified atom stereocenters. The number of sulfonamides is 1. The third-order valence-electron chi connectivity index (χ3n) is 5.17. The summed E-state index contributed by atoms with van der Waals surface area (Å²) in [5, 5.41) is 3.36. The maximum absolute atomic E-state index is 12.4. The number of ether oxygens (including phenoxy) is 1. The van der Waals surface area contributed by atoms with E-state index in [0.717, 1.165) is 37.7 Å². The van der Waals surface area contributed by atoms with Gasteiger partial charge in [-0.1, -0.05) is 30.3 Å². The first-order valence-corrected chi connectivity index (χ1v) is 11.8. The van der Waals surface area contributed by atoms with Crippen LogP contribution in [0.5, 0.6) is 0 Å². The van der Waals surface area contributed by atoms with E-state index in [1.165, 1.54) is 12.8 Å². The van der Waals surface area contributed by atoms with E-state index >= 15 is 0 Å². The van der Waals surface area contributed by atoms with E-state index in [0.29, 0.717) is 13.2 Å². The Balaban J connectivity index is 0.00000363. The molecule has 0 aromatic heterocycles. The molecule has 176 valence electrons. The van der Waals surface area contributed by atoms with E-state index in [4.69, 9.17) is 4.74 Å². The molecule has 2 aromatic rings. The van der Waals surface area contributed by atoms with Crippen molar-refractivity contribution in [3.05, 3.63) is 60.2 Å². The van der Waals surface area contributed by atoms with Gasteiger partial charge in [0.15, 0.2) is 5.96 Å². The summed E-state index contributed by atoms with van der Waals surface area (Å²) in [5.74, 6) is 0.819. The lowest BCUT2D eigenvalue weighted by molar-refractivity contribution is 0.204. The Kier molecular flexibility index (Phi) is 10.7. The molecule has 0 saturated carbocycles. The molecule has 0 amide bonds. The van der Waals surface area contributed by atoms with Gasteiger partial charge in [-0.25, -0.2) is 13.1 Å². The molecule has 1 fully saturated rings. The van der Waals surface area contributed by atoms with Crippen LogP contribution >= 0.6 is 24.0 Å². The fourth-order valence-electron chi connectivity index (χ4n) is 3.51. The molecule has 0 spiro atoms. The summed E-state index contributed by atoms with van der Waals surface area (Å²) in [6.45, 7) is 4.64. The zero-order chi connectivity index (χ0) is 22.1. The van der Waals surface area contributed by atoms with Gasteiger partial charge in [-0.2, -0.15) is 0 Å². The summed E-state index contributed by atoms with van der Waals surface area (Å²) in [4.78, 5) is 9.26. The summed E-state index contributed by atoms with van der Waals surface area (Å²) in [5.41, 5.74) is 2.11. The van der Waals surface area contributed by atoms with Crippen LogP contribution in [0.15, 0.2) is 64.5 Å². The fraction of sp³-hybridized carbons (Fsp3) is 0.409. The lowest BCUT2D eigenvalue weighted by Gasteiger charge is -2.37. The van der Waals surface area contributed by atoms with E-state index in [1.807, 2.05) is 12.1 Å². The smallest absolute Gasteiger partial charge is 0.240 e. The van der Waals surface area contributed by atoms with Crippen LogP contribution in [-0.4, -0.2) is 72.8 Å². The summed E-state index contributed by atoms with van der Waals surface area (Å²) < 4.78 is 32.3. The monoisotopic (exact) mass is 573 g/mol. The van der Waals surface area contributed by atoms with Crippen LogP contribution < -0.4 is 14.9 Å². The number of halogens is 1. The first-order valence-electron chi connectivity index (χ1n) is 10.4. The van der Waals surface area contributed by atoms with Gasteiger partial charge in [0.1, 0.15) is 0 Å². The minimum atomic E-state index is -3.56. The third-order valence-corrected chi connectivity index (χ3v) is 6.63. The van der Waals surface area contributed by atoms with Crippen molar-refractivity contribution >= 4 is 45.6 Å². The second-order valence-corrected chi connectivity index (χ2v) is 9.02. The number of nitrogens with one attached hydrogen (secondary N) is 2. The van der Waals surface area contributed by atoms with Crippen molar-refractivity contribution < 1.29 is 13.2 Å². The number of para-hydroxylation sites is 1. The standard InChI is InChI=1S/C22H31N5O3S.HI/c1-23-22(27-14-12-26(13-15-27)20-8-4-3-5-9-20)24-18-19-7-6-10-21(17-19)31(28,29)25-11-16-30-2;/h3-10,17,25H,11-16,18H2,1-2H3,(H,23,24);1H. The number of anilines is 1. The van der Waals surface area contributed by atoms with Crippen molar-refractivity contribution in [2.45, 2.75) is 11.4 Å². The number of methoxy groups -OCH3 is 1. The Morgan fingerprint density at radius 1 is 1.06 bits per heavy atom. The van der Waals surface area contributed by atoms with Gasteiger partial charge < -0.3 is 19.9 Å². The van der Waals surface area contributed by atoms with Crippen LogP contribution in [-0.2, 0) is 21.3 Å². The van der Waals surface area contributed by atoms with E-state index < -0.39 is 10.0 Å². The molecule has 3 rings (SSSR count). The topological polar surface area (TPSA) is 86.3 Å². The number of benzene rings is 2. The Labute approximate surface area is 208 Å². The van der Waals surface area contributed by atoms with Gasteiger partial charge >= 0.3 is 0 Å². The molecule has 1 saturated heterocycles. The third kappa shape index (κ3) is 7.32. The predicted molar refractivity (Wildman–Crippen MR) is 139 cm³/mol. The molecule has 10 heteroatoms. The van der Waals surface area contributed by atoms with E-state index in [1.54, 1.807) is 25.2 Å². The van der Waals surface area contributed by atoms with Crippen molar-refractivity contribution in [2.24, 2.45) is 4.99 Å². The molecule has 32 heavy (non-hydrogen) atoms. The first kappa shape index (κ1) is 26.4. The molecule has 8 nitrogen and oxygen atoms in total. The molecule has 1 aliphatic rings. The Bertz CT molecular complexity index is 965. The molecule has 1 heterocycles. The molecule has 0 atom stereocenters. The second-order valence-electron chi connectivity index (χ2n) is 7.25. The van der Waals surface area contributed by atoms with Gasteiger partial charge in [0.25, 0.3) is 0 Å². The van der Waals surface area contributed by atoms with Crippen LogP contribution in [0.25, 0.3) is 0 Å². The number of nitrogens with zero attached hydrogens (tertiary/aromatic N) is 3. The van der Waals surface area contributed by atoms with Crippen LogP contribution in [0.3, 0.4) is 0 Å². The normalized spacial score (nSPS) is 14.8. The van der Waals surface area contributed by atoms with Gasteiger partial charge in [-0.05, 0) is 29.8 Å². The van der Waals surface area contributed by atoms with Crippen molar-refractivity contribution in [3.63, 3.8) is 0 Å². The molecule has 2 aromatic carbocycles. The van der Waals surface area contributed by atoms with Crippen LogP contribution in [0.1, 0.15) is 5.56 Å². The molecular formula is C22H32IN5O3S. The summed E-state index contributed by atoms with van der Waals surface area (Å²) in [7, 11) is -0.249. The number of rotatable bonds is 8. The maximum atomic E-state index is 12.4. The fourth-order valence-corrected chi connectivity index (χ4v) is 4.60. The quantitative estimate of drug-likeness (QED) is 0.218. The van der Waals surface area contributed by atoms with Crippen LogP contribution in [0.2, 0.25) is 0 Å². The van der Waals surface area contributed by atoms with Crippen LogP contribution in [0, 0.1) is 0 Å². The first-order chi connectivity index (χ1) is 15.0. The minimum absolute atomic E-state index is 0. The average molecular weight is 574 g/mol. The number of aliphatic imine (C=N–C) groups is 1. The van der Waals surface area contributed by atoms with Gasteiger partial charge in [0, 0.05) is 59.1 Å². The van der Waals surface area contributed by atoms with Crippen molar-refractivity contribution in [2.75, 3.05) is 58.4 Å².